The molecule has 30 heavy (non-hydrogen) atoms. The van der Waals surface area contributed by atoms with Crippen molar-refractivity contribution in [2.45, 2.75) is 6.54 Å². The molecule has 2 aromatic rings. The van der Waals surface area contributed by atoms with Crippen LogP contribution in [0.3, 0.4) is 0 Å². The summed E-state index contributed by atoms with van der Waals surface area (Å²) >= 11 is 3.44. The van der Waals surface area contributed by atoms with Gasteiger partial charge in [0, 0.05) is 48.8 Å². The molecule has 158 valence electrons. The van der Waals surface area contributed by atoms with E-state index in [0.717, 1.165) is 15.6 Å². The molecule has 1 fully saturated rings. The molecule has 1 saturated heterocycles. The van der Waals surface area contributed by atoms with Crippen molar-refractivity contribution in [1.29, 1.82) is 0 Å². The number of halogens is 1. The predicted octanol–water partition coefficient (Wildman–Crippen LogP) is 2.93. The van der Waals surface area contributed by atoms with Crippen LogP contribution < -0.4 is 10.1 Å². The number of hydrogen-bond donors (Lipinski definition) is 1. The van der Waals surface area contributed by atoms with Crippen molar-refractivity contribution >= 4 is 33.8 Å². The van der Waals surface area contributed by atoms with Crippen LogP contribution in [0.4, 0.5) is 0 Å². The number of nitrogens with one attached hydrogen (secondary N) is 1. The number of amides is 2. The summed E-state index contributed by atoms with van der Waals surface area (Å²) < 4.78 is 6.26. The Balaban J connectivity index is 1.44. The molecule has 1 heterocycles. The van der Waals surface area contributed by atoms with Gasteiger partial charge >= 0.3 is 0 Å². The topological polar surface area (TPSA) is 61.9 Å². The van der Waals surface area contributed by atoms with Crippen LogP contribution >= 0.6 is 15.9 Å². The summed E-state index contributed by atoms with van der Waals surface area (Å²) in [4.78, 5) is 28.6. The van der Waals surface area contributed by atoms with Crippen LogP contribution in [0.2, 0.25) is 0 Å². The van der Waals surface area contributed by atoms with E-state index in [1.54, 1.807) is 24.2 Å². The third-order valence-electron chi connectivity index (χ3n) is 4.98. The second-order valence-electron chi connectivity index (χ2n) is 7.08. The summed E-state index contributed by atoms with van der Waals surface area (Å²) in [5, 5.41) is 2.95. The molecule has 2 amide bonds. The van der Waals surface area contributed by atoms with E-state index in [0.29, 0.717) is 45.0 Å². The lowest BCUT2D eigenvalue weighted by Crippen LogP contribution is -2.50. The lowest BCUT2D eigenvalue weighted by molar-refractivity contribution is -0.128. The molecular formula is C23H26BrN3O3. The highest BCUT2D eigenvalue weighted by Crippen LogP contribution is 2.24. The Morgan fingerprint density at radius 3 is 2.53 bits per heavy atom. The van der Waals surface area contributed by atoms with Gasteiger partial charge in [-0.2, -0.15) is 0 Å². The van der Waals surface area contributed by atoms with Crippen LogP contribution in [0.25, 0.3) is 6.08 Å². The largest absolute Gasteiger partial charge is 0.496 e. The number of carbonyl (C=O) groups excluding carboxylic acids is 2. The predicted molar refractivity (Wildman–Crippen MR) is 121 cm³/mol. The summed E-state index contributed by atoms with van der Waals surface area (Å²) in [6.07, 6.45) is 3.35. The molecule has 0 atom stereocenters. The zero-order chi connectivity index (χ0) is 21.3. The number of methoxy groups -OCH3 is 1. The summed E-state index contributed by atoms with van der Waals surface area (Å²) in [7, 11) is 1.61. The Morgan fingerprint density at radius 2 is 1.83 bits per heavy atom. The van der Waals surface area contributed by atoms with Crippen LogP contribution in [0.15, 0.2) is 59.1 Å². The van der Waals surface area contributed by atoms with Crippen LogP contribution in [-0.4, -0.2) is 61.4 Å². The van der Waals surface area contributed by atoms with Crippen molar-refractivity contribution in [2.75, 3.05) is 39.8 Å². The van der Waals surface area contributed by atoms with Gasteiger partial charge < -0.3 is 15.0 Å². The highest BCUT2D eigenvalue weighted by atomic mass is 79.9. The molecule has 2 aromatic carbocycles. The minimum absolute atomic E-state index is 0.000255. The molecule has 0 bridgehead atoms. The van der Waals surface area contributed by atoms with Crippen molar-refractivity contribution in [3.63, 3.8) is 0 Å². The molecule has 0 unspecified atom stereocenters. The van der Waals surface area contributed by atoms with Gasteiger partial charge in [-0.15, -0.1) is 0 Å². The van der Waals surface area contributed by atoms with Gasteiger partial charge in [-0.25, -0.2) is 0 Å². The minimum Gasteiger partial charge on any atom is -0.496 e. The number of carbonyl (C=O) groups is 2. The normalized spacial score (nSPS) is 14.7. The second-order valence-corrected chi connectivity index (χ2v) is 8.00. The van der Waals surface area contributed by atoms with Gasteiger partial charge in [0.1, 0.15) is 5.75 Å². The number of rotatable bonds is 7. The molecule has 0 spiro atoms. The number of hydrogen-bond acceptors (Lipinski definition) is 4. The van der Waals surface area contributed by atoms with Crippen molar-refractivity contribution < 1.29 is 14.3 Å². The molecule has 7 heteroatoms. The number of benzene rings is 2. The van der Waals surface area contributed by atoms with Crippen molar-refractivity contribution in [1.82, 2.24) is 15.1 Å². The summed E-state index contributed by atoms with van der Waals surface area (Å²) in [6, 6.07) is 15.5. The molecule has 0 aromatic heterocycles. The third kappa shape index (κ3) is 6.43. The van der Waals surface area contributed by atoms with E-state index in [-0.39, 0.29) is 11.8 Å². The maximum atomic E-state index is 12.5. The van der Waals surface area contributed by atoms with Crippen molar-refractivity contribution in [3.8, 4) is 5.75 Å². The SMILES string of the molecule is COc1ccc(Br)cc1/C=C/C(=O)N1CCN(CC(=O)NCc2ccccc2)CC1. The first kappa shape index (κ1) is 22.1. The van der Waals surface area contributed by atoms with E-state index < -0.39 is 0 Å². The van der Waals surface area contributed by atoms with Crippen LogP contribution in [-0.2, 0) is 16.1 Å². The molecule has 0 saturated carbocycles. The summed E-state index contributed by atoms with van der Waals surface area (Å²) in [6.45, 7) is 3.44. The van der Waals surface area contributed by atoms with E-state index in [4.69, 9.17) is 4.74 Å². The summed E-state index contributed by atoms with van der Waals surface area (Å²) in [5.74, 6) is 0.680. The zero-order valence-electron chi connectivity index (χ0n) is 17.0. The monoisotopic (exact) mass is 471 g/mol. The van der Waals surface area contributed by atoms with Crippen molar-refractivity contribution in [2.24, 2.45) is 0 Å². The number of piperazine rings is 1. The first-order valence-electron chi connectivity index (χ1n) is 9.88. The molecule has 3 rings (SSSR count). The standard InChI is InChI=1S/C23H26BrN3O3/c1-30-21-9-8-20(24)15-19(21)7-10-23(29)27-13-11-26(12-14-27)17-22(28)25-16-18-5-3-2-4-6-18/h2-10,15H,11-14,16-17H2,1H3,(H,25,28)/b10-7+. The summed E-state index contributed by atoms with van der Waals surface area (Å²) in [5.41, 5.74) is 1.92. The third-order valence-corrected chi connectivity index (χ3v) is 5.47. The molecule has 1 N–H and O–H groups in total. The van der Waals surface area contributed by atoms with Gasteiger partial charge in [0.05, 0.1) is 13.7 Å². The van der Waals surface area contributed by atoms with Gasteiger partial charge in [0.15, 0.2) is 0 Å². The highest BCUT2D eigenvalue weighted by molar-refractivity contribution is 9.10. The molecule has 6 nitrogen and oxygen atoms in total. The van der Waals surface area contributed by atoms with Gasteiger partial charge in [0.2, 0.25) is 11.8 Å². The van der Waals surface area contributed by atoms with E-state index >= 15 is 0 Å². The Bertz CT molecular complexity index is 894. The Hall–Kier alpha value is -2.64. The zero-order valence-corrected chi connectivity index (χ0v) is 18.6. The Morgan fingerprint density at radius 1 is 1.10 bits per heavy atom. The van der Waals surface area contributed by atoms with E-state index in [1.807, 2.05) is 48.5 Å². The average Bonchev–Trinajstić information content (AvgIpc) is 2.77. The lowest BCUT2D eigenvalue weighted by Gasteiger charge is -2.33. The maximum Gasteiger partial charge on any atom is 0.246 e. The van der Waals surface area contributed by atoms with E-state index in [2.05, 4.69) is 26.1 Å². The first-order valence-corrected chi connectivity index (χ1v) is 10.7. The lowest BCUT2D eigenvalue weighted by atomic mass is 10.2. The fourth-order valence-electron chi connectivity index (χ4n) is 3.28. The van der Waals surface area contributed by atoms with Gasteiger partial charge in [-0.3, -0.25) is 14.5 Å². The number of nitrogens with zero attached hydrogens (tertiary/aromatic N) is 2. The Kier molecular flexibility index (Phi) is 8.04. The fraction of sp³-hybridized carbons (Fsp3) is 0.304. The average molecular weight is 472 g/mol. The van der Waals surface area contributed by atoms with Crippen LogP contribution in [0, 0.1) is 0 Å². The highest BCUT2D eigenvalue weighted by Gasteiger charge is 2.21. The molecular weight excluding hydrogens is 446 g/mol. The smallest absolute Gasteiger partial charge is 0.246 e. The first-order chi connectivity index (χ1) is 14.5. The Labute approximate surface area is 185 Å². The van der Waals surface area contributed by atoms with Gasteiger partial charge in [-0.1, -0.05) is 46.3 Å². The van der Waals surface area contributed by atoms with Gasteiger partial charge in [0.25, 0.3) is 0 Å². The van der Waals surface area contributed by atoms with Gasteiger partial charge in [-0.05, 0) is 29.8 Å². The number of ether oxygens (including phenoxy) is 1. The van der Waals surface area contributed by atoms with Crippen LogP contribution in [0.5, 0.6) is 5.75 Å². The fourth-order valence-corrected chi connectivity index (χ4v) is 3.66. The van der Waals surface area contributed by atoms with E-state index in [1.165, 1.54) is 0 Å². The minimum atomic E-state index is -0.0368. The van der Waals surface area contributed by atoms with E-state index in [9.17, 15) is 9.59 Å². The molecule has 1 aliphatic heterocycles. The van der Waals surface area contributed by atoms with Crippen molar-refractivity contribution in [3.05, 3.63) is 70.2 Å². The maximum absolute atomic E-state index is 12.5. The molecule has 1 aliphatic rings. The molecule has 0 aliphatic carbocycles. The quantitative estimate of drug-likeness (QED) is 0.630. The second kappa shape index (κ2) is 10.9. The molecule has 0 radical (unpaired) electrons. The van der Waals surface area contributed by atoms with Crippen LogP contribution in [0.1, 0.15) is 11.1 Å².